The van der Waals surface area contributed by atoms with Crippen LogP contribution in [-0.2, 0) is 6.54 Å². The Hall–Kier alpha value is -3.12. The first-order valence-corrected chi connectivity index (χ1v) is 9.90. The molecule has 1 aliphatic rings. The highest BCUT2D eigenvalue weighted by Crippen LogP contribution is 2.24. The normalized spacial score (nSPS) is 14.9. The Balaban J connectivity index is 1.50. The van der Waals surface area contributed by atoms with Crippen LogP contribution in [0.15, 0.2) is 63.8 Å². The molecule has 2 heterocycles. The second-order valence-corrected chi connectivity index (χ2v) is 7.12. The Morgan fingerprint density at radius 1 is 1.03 bits per heavy atom. The second-order valence-electron chi connectivity index (χ2n) is 7.12. The molecule has 29 heavy (non-hydrogen) atoms. The number of carbonyl (C=O) groups is 1. The summed E-state index contributed by atoms with van der Waals surface area (Å²) in [6.45, 7) is 6.14. The van der Waals surface area contributed by atoms with Crippen molar-refractivity contribution in [3.05, 3.63) is 76.1 Å². The molecule has 1 aromatic heterocycles. The Bertz CT molecular complexity index is 1050. The number of fused-ring (bicyclic) bond motifs is 1. The van der Waals surface area contributed by atoms with E-state index in [1.807, 2.05) is 30.0 Å². The van der Waals surface area contributed by atoms with Gasteiger partial charge in [-0.3, -0.25) is 9.69 Å². The third-order valence-electron chi connectivity index (χ3n) is 5.17. The molecule has 6 nitrogen and oxygen atoms in total. The number of hydrogen-bond acceptors (Lipinski definition) is 5. The van der Waals surface area contributed by atoms with Crippen LogP contribution >= 0.6 is 0 Å². The van der Waals surface area contributed by atoms with E-state index in [1.165, 1.54) is 11.6 Å². The summed E-state index contributed by atoms with van der Waals surface area (Å²) >= 11 is 0. The predicted octanol–water partition coefficient (Wildman–Crippen LogP) is 3.15. The van der Waals surface area contributed by atoms with E-state index >= 15 is 0 Å². The maximum absolute atomic E-state index is 13.1. The maximum Gasteiger partial charge on any atom is 0.337 e. The van der Waals surface area contributed by atoms with Crippen molar-refractivity contribution in [2.24, 2.45) is 0 Å². The van der Waals surface area contributed by atoms with Gasteiger partial charge in [-0.2, -0.15) is 0 Å². The third kappa shape index (κ3) is 4.32. The number of benzene rings is 2. The van der Waals surface area contributed by atoms with E-state index in [4.69, 9.17) is 9.15 Å². The first-order valence-electron chi connectivity index (χ1n) is 9.90. The molecule has 0 radical (unpaired) electrons. The highest BCUT2D eigenvalue weighted by atomic mass is 16.5. The molecule has 150 valence electrons. The van der Waals surface area contributed by atoms with Gasteiger partial charge in [0.15, 0.2) is 0 Å². The van der Waals surface area contributed by atoms with Gasteiger partial charge in [-0.25, -0.2) is 4.79 Å². The Morgan fingerprint density at radius 3 is 2.52 bits per heavy atom. The van der Waals surface area contributed by atoms with E-state index in [9.17, 15) is 9.59 Å². The molecule has 2 aromatic carbocycles. The van der Waals surface area contributed by atoms with Gasteiger partial charge < -0.3 is 14.1 Å². The van der Waals surface area contributed by atoms with Crippen molar-refractivity contribution in [3.63, 3.8) is 0 Å². The number of rotatable bonds is 5. The monoisotopic (exact) mass is 392 g/mol. The lowest BCUT2D eigenvalue weighted by molar-refractivity contribution is 0.0629. The largest absolute Gasteiger partial charge is 0.494 e. The fourth-order valence-corrected chi connectivity index (χ4v) is 3.70. The van der Waals surface area contributed by atoms with Crippen LogP contribution in [0.1, 0.15) is 22.8 Å². The van der Waals surface area contributed by atoms with Crippen LogP contribution in [0.2, 0.25) is 0 Å². The molecule has 0 saturated carbocycles. The van der Waals surface area contributed by atoms with Crippen molar-refractivity contribution in [1.82, 2.24) is 9.80 Å². The van der Waals surface area contributed by atoms with Crippen LogP contribution in [0, 0.1) is 0 Å². The summed E-state index contributed by atoms with van der Waals surface area (Å²) < 4.78 is 10.8. The first kappa shape index (κ1) is 19.2. The summed E-state index contributed by atoms with van der Waals surface area (Å²) in [5.41, 5.74) is 1.49. The molecule has 0 spiro atoms. The molecule has 3 aromatic rings. The number of amides is 1. The van der Waals surface area contributed by atoms with Gasteiger partial charge in [0.05, 0.1) is 12.2 Å². The van der Waals surface area contributed by atoms with Crippen LogP contribution in [0.5, 0.6) is 5.75 Å². The highest BCUT2D eigenvalue weighted by Gasteiger charge is 2.24. The minimum atomic E-state index is -0.530. The number of nitrogens with zero attached hydrogens (tertiary/aromatic N) is 2. The van der Waals surface area contributed by atoms with Crippen LogP contribution in [0.25, 0.3) is 11.0 Å². The van der Waals surface area contributed by atoms with E-state index in [0.29, 0.717) is 42.0 Å². The van der Waals surface area contributed by atoms with E-state index < -0.39 is 5.63 Å². The molecule has 0 N–H and O–H groups in total. The van der Waals surface area contributed by atoms with Gasteiger partial charge in [-0.05, 0) is 24.6 Å². The van der Waals surface area contributed by atoms with Crippen molar-refractivity contribution in [2.45, 2.75) is 13.5 Å². The van der Waals surface area contributed by atoms with Crippen LogP contribution in [-0.4, -0.2) is 48.5 Å². The lowest BCUT2D eigenvalue weighted by atomic mass is 10.1. The zero-order valence-electron chi connectivity index (χ0n) is 16.5. The molecule has 0 bridgehead atoms. The Labute approximate surface area is 169 Å². The lowest BCUT2D eigenvalue weighted by Gasteiger charge is -2.34. The van der Waals surface area contributed by atoms with Gasteiger partial charge >= 0.3 is 5.63 Å². The predicted molar refractivity (Wildman–Crippen MR) is 111 cm³/mol. The zero-order valence-corrected chi connectivity index (χ0v) is 16.5. The Morgan fingerprint density at radius 2 is 1.79 bits per heavy atom. The number of piperazine rings is 1. The molecule has 6 heteroatoms. The molecule has 4 rings (SSSR count). The molecule has 1 saturated heterocycles. The molecule has 0 atom stereocenters. The molecule has 0 unspecified atom stereocenters. The van der Waals surface area contributed by atoms with E-state index in [1.54, 1.807) is 18.2 Å². The average molecular weight is 392 g/mol. The highest BCUT2D eigenvalue weighted by molar-refractivity contribution is 6.05. The quantitative estimate of drug-likeness (QED) is 0.624. The number of carbonyl (C=O) groups excluding carboxylic acids is 1. The minimum Gasteiger partial charge on any atom is -0.494 e. The molecular weight excluding hydrogens is 368 g/mol. The smallest absolute Gasteiger partial charge is 0.337 e. The maximum atomic E-state index is 13.1. The van der Waals surface area contributed by atoms with E-state index in [2.05, 4.69) is 17.0 Å². The summed E-state index contributed by atoms with van der Waals surface area (Å²) in [7, 11) is 0. The standard InChI is InChI=1S/C23H24N2O4/c1-2-28-18-8-9-19-20(15-22(26)29-21(19)14-18)23(27)25-12-10-24(11-13-25)16-17-6-4-3-5-7-17/h3-9,14-15H,2,10-13,16H2,1H3. The summed E-state index contributed by atoms with van der Waals surface area (Å²) in [6, 6.07) is 16.8. The van der Waals surface area contributed by atoms with Crippen molar-refractivity contribution < 1.29 is 13.9 Å². The lowest BCUT2D eigenvalue weighted by Crippen LogP contribution is -2.48. The molecule has 1 amide bonds. The summed E-state index contributed by atoms with van der Waals surface area (Å²) in [6.07, 6.45) is 0. The van der Waals surface area contributed by atoms with Gasteiger partial charge in [-0.15, -0.1) is 0 Å². The Kier molecular flexibility index (Phi) is 5.62. The summed E-state index contributed by atoms with van der Waals surface area (Å²) in [4.78, 5) is 29.3. The first-order chi connectivity index (χ1) is 14.1. The molecule has 0 aliphatic carbocycles. The fraction of sp³-hybridized carbons (Fsp3) is 0.304. The van der Waals surface area contributed by atoms with Gasteiger partial charge in [0, 0.05) is 50.2 Å². The van der Waals surface area contributed by atoms with Crippen molar-refractivity contribution in [1.29, 1.82) is 0 Å². The SMILES string of the molecule is CCOc1ccc2c(C(=O)N3CCN(Cc4ccccc4)CC3)cc(=O)oc2c1. The number of ether oxygens (including phenoxy) is 1. The second kappa shape index (κ2) is 8.49. The van der Waals surface area contributed by atoms with Crippen molar-refractivity contribution in [3.8, 4) is 5.75 Å². The summed E-state index contributed by atoms with van der Waals surface area (Å²) in [5.74, 6) is 0.480. The topological polar surface area (TPSA) is 63.0 Å². The van der Waals surface area contributed by atoms with Gasteiger partial charge in [0.2, 0.25) is 0 Å². The number of hydrogen-bond donors (Lipinski definition) is 0. The van der Waals surface area contributed by atoms with Gasteiger partial charge in [0.25, 0.3) is 5.91 Å². The summed E-state index contributed by atoms with van der Waals surface area (Å²) in [5, 5.41) is 0.629. The zero-order chi connectivity index (χ0) is 20.2. The molecular formula is C23H24N2O4. The van der Waals surface area contributed by atoms with Crippen molar-refractivity contribution in [2.75, 3.05) is 32.8 Å². The van der Waals surface area contributed by atoms with Crippen LogP contribution < -0.4 is 10.4 Å². The van der Waals surface area contributed by atoms with E-state index in [0.717, 1.165) is 19.6 Å². The van der Waals surface area contributed by atoms with Gasteiger partial charge in [0.1, 0.15) is 11.3 Å². The van der Waals surface area contributed by atoms with E-state index in [-0.39, 0.29) is 5.91 Å². The van der Waals surface area contributed by atoms with Crippen LogP contribution in [0.3, 0.4) is 0 Å². The average Bonchev–Trinajstić information content (AvgIpc) is 2.74. The molecule has 1 aliphatic heterocycles. The minimum absolute atomic E-state index is 0.133. The molecule has 1 fully saturated rings. The van der Waals surface area contributed by atoms with Gasteiger partial charge in [-0.1, -0.05) is 30.3 Å². The van der Waals surface area contributed by atoms with Crippen molar-refractivity contribution >= 4 is 16.9 Å². The van der Waals surface area contributed by atoms with Crippen LogP contribution in [0.4, 0.5) is 0 Å². The fourth-order valence-electron chi connectivity index (χ4n) is 3.70. The third-order valence-corrected chi connectivity index (χ3v) is 5.17.